The molecule has 8 nitrogen and oxygen atoms in total. The second-order valence-corrected chi connectivity index (χ2v) is 6.88. The van der Waals surface area contributed by atoms with Gasteiger partial charge in [-0.25, -0.2) is 5.06 Å². The number of rotatable bonds is 8. The molecule has 156 valence electrons. The van der Waals surface area contributed by atoms with Crippen LogP contribution in [0.2, 0.25) is 0 Å². The Morgan fingerprint density at radius 2 is 1.90 bits per heavy atom. The second-order valence-electron chi connectivity index (χ2n) is 6.88. The van der Waals surface area contributed by atoms with Gasteiger partial charge in [-0.2, -0.15) is 0 Å². The number of hydroxylamine groups is 2. The third kappa shape index (κ3) is 4.90. The molecule has 2 atom stereocenters. The quantitative estimate of drug-likeness (QED) is 0.388. The average Bonchev–Trinajstić information content (AvgIpc) is 2.72. The van der Waals surface area contributed by atoms with Gasteiger partial charge < -0.3 is 15.4 Å². The van der Waals surface area contributed by atoms with Gasteiger partial charge in [0.25, 0.3) is 11.8 Å². The number of likely N-dealkylation sites (N-methyl/N-ethyl adjacent to an activating group) is 2. The second kappa shape index (κ2) is 9.49. The van der Waals surface area contributed by atoms with Crippen LogP contribution >= 0.6 is 0 Å². The van der Waals surface area contributed by atoms with Crippen molar-refractivity contribution in [3.05, 3.63) is 54.1 Å². The number of primary amides is 1. The van der Waals surface area contributed by atoms with Crippen LogP contribution < -0.4 is 5.73 Å². The molecule has 0 aromatic heterocycles. The number of hydrogen-bond donors (Lipinski definition) is 2. The van der Waals surface area contributed by atoms with Crippen molar-refractivity contribution < 1.29 is 24.3 Å². The minimum absolute atomic E-state index is 0.228. The van der Waals surface area contributed by atoms with E-state index >= 15 is 0 Å². The fraction of sp³-hybridized carbons (Fsp3) is 0.381. The van der Waals surface area contributed by atoms with Crippen molar-refractivity contribution in [1.29, 1.82) is 0 Å². The Balaban J connectivity index is 2.33. The first-order chi connectivity index (χ1) is 13.7. The molecule has 1 aromatic rings. The molecule has 3 amide bonds. The molecule has 2 unspecified atom stereocenters. The molecule has 0 saturated heterocycles. The molecule has 3 N–H and O–H groups in total. The highest BCUT2D eigenvalue weighted by Crippen LogP contribution is 2.31. The molecule has 8 heteroatoms. The minimum atomic E-state index is -1.65. The number of amides is 3. The molecule has 0 radical (unpaired) electrons. The van der Waals surface area contributed by atoms with Gasteiger partial charge in [-0.3, -0.25) is 19.6 Å². The summed E-state index contributed by atoms with van der Waals surface area (Å²) in [6, 6.07) is 8.04. The van der Waals surface area contributed by atoms with E-state index in [2.05, 4.69) is 0 Å². The van der Waals surface area contributed by atoms with Crippen molar-refractivity contribution in [1.82, 2.24) is 9.96 Å². The van der Waals surface area contributed by atoms with E-state index in [0.29, 0.717) is 13.0 Å². The lowest BCUT2D eigenvalue weighted by molar-refractivity contribution is -0.173. The summed E-state index contributed by atoms with van der Waals surface area (Å²) in [5.41, 5.74) is 5.89. The van der Waals surface area contributed by atoms with Gasteiger partial charge in [-0.05, 0) is 23.6 Å². The lowest BCUT2D eigenvalue weighted by atomic mass is 9.87. The summed E-state index contributed by atoms with van der Waals surface area (Å²) in [6.45, 7) is 2.23. The summed E-state index contributed by atoms with van der Waals surface area (Å²) in [5, 5.41) is 9.67. The van der Waals surface area contributed by atoms with Crippen LogP contribution in [0.5, 0.6) is 0 Å². The first-order valence-corrected chi connectivity index (χ1v) is 9.35. The van der Waals surface area contributed by atoms with E-state index in [9.17, 15) is 19.6 Å². The van der Waals surface area contributed by atoms with Gasteiger partial charge in [0, 0.05) is 27.1 Å². The van der Waals surface area contributed by atoms with E-state index in [0.717, 1.165) is 23.1 Å². The standard InChI is InChI=1S/C21H27N3O5/c1-4-14-29-21(12-10-16(11-13-21)15-8-6-5-7-9-15)20(27)23(2)17(18(22)25)19(26)24(3)28/h5-12,17,28H,4,13-14H2,1-3H3,(H2,22,25). The Bertz CT molecular complexity index is 819. The molecular weight excluding hydrogens is 374 g/mol. The molecule has 1 aliphatic carbocycles. The number of nitrogens with two attached hydrogens (primary N) is 1. The lowest BCUT2D eigenvalue weighted by Gasteiger charge is -2.37. The van der Waals surface area contributed by atoms with Crippen LogP contribution in [0.25, 0.3) is 5.57 Å². The Hall–Kier alpha value is -2.97. The predicted molar refractivity (Wildman–Crippen MR) is 107 cm³/mol. The monoisotopic (exact) mass is 401 g/mol. The molecule has 1 aliphatic rings. The number of carbonyl (C=O) groups is 3. The van der Waals surface area contributed by atoms with Crippen molar-refractivity contribution in [3.63, 3.8) is 0 Å². The molecule has 0 spiro atoms. The summed E-state index contributed by atoms with van der Waals surface area (Å²) in [4.78, 5) is 38.2. The fourth-order valence-electron chi connectivity index (χ4n) is 3.15. The summed E-state index contributed by atoms with van der Waals surface area (Å²) in [6.07, 6.45) is 6.23. The number of carbonyl (C=O) groups excluding carboxylic acids is 3. The van der Waals surface area contributed by atoms with Crippen LogP contribution in [0.15, 0.2) is 48.6 Å². The predicted octanol–water partition coefficient (Wildman–Crippen LogP) is 1.36. The van der Waals surface area contributed by atoms with Gasteiger partial charge in [-0.15, -0.1) is 0 Å². The maximum absolute atomic E-state index is 13.3. The highest BCUT2D eigenvalue weighted by Gasteiger charge is 2.45. The zero-order chi connectivity index (χ0) is 21.6. The van der Waals surface area contributed by atoms with Gasteiger partial charge in [0.1, 0.15) is 0 Å². The van der Waals surface area contributed by atoms with Crippen molar-refractivity contribution in [2.24, 2.45) is 5.73 Å². The van der Waals surface area contributed by atoms with Gasteiger partial charge in [0.05, 0.1) is 0 Å². The van der Waals surface area contributed by atoms with Gasteiger partial charge in [0.15, 0.2) is 11.6 Å². The van der Waals surface area contributed by atoms with E-state index in [1.807, 2.05) is 43.3 Å². The summed E-state index contributed by atoms with van der Waals surface area (Å²) >= 11 is 0. The first kappa shape index (κ1) is 22.3. The van der Waals surface area contributed by atoms with E-state index in [4.69, 9.17) is 10.5 Å². The smallest absolute Gasteiger partial charge is 0.278 e. The number of benzene rings is 1. The summed E-state index contributed by atoms with van der Waals surface area (Å²) < 4.78 is 5.89. The maximum Gasteiger partial charge on any atom is 0.278 e. The van der Waals surface area contributed by atoms with Crippen molar-refractivity contribution >= 4 is 23.3 Å². The van der Waals surface area contributed by atoms with E-state index < -0.39 is 29.4 Å². The normalized spacial score (nSPS) is 19.2. The topological polar surface area (TPSA) is 113 Å². The summed E-state index contributed by atoms with van der Waals surface area (Å²) in [7, 11) is 2.36. The molecule has 0 fully saturated rings. The SMILES string of the molecule is CCCOC1(C(=O)N(C)C(C(N)=O)C(=O)N(C)O)C=CC(c2ccccc2)=CC1. The van der Waals surface area contributed by atoms with Crippen molar-refractivity contribution in [2.45, 2.75) is 31.4 Å². The van der Waals surface area contributed by atoms with Crippen molar-refractivity contribution in [3.8, 4) is 0 Å². The van der Waals surface area contributed by atoms with Crippen LogP contribution in [0, 0.1) is 0 Å². The van der Waals surface area contributed by atoms with Crippen LogP contribution in [0.4, 0.5) is 0 Å². The van der Waals surface area contributed by atoms with Gasteiger partial charge in [-0.1, -0.05) is 49.4 Å². The lowest BCUT2D eigenvalue weighted by Crippen LogP contribution is -2.59. The fourth-order valence-corrected chi connectivity index (χ4v) is 3.15. The molecule has 0 bridgehead atoms. The highest BCUT2D eigenvalue weighted by atomic mass is 16.5. The average molecular weight is 401 g/mol. The Morgan fingerprint density at radius 1 is 1.24 bits per heavy atom. The summed E-state index contributed by atoms with van der Waals surface area (Å²) in [5.74, 6) is -2.64. The maximum atomic E-state index is 13.3. The number of ether oxygens (including phenoxy) is 1. The van der Waals surface area contributed by atoms with E-state index in [1.54, 1.807) is 12.2 Å². The van der Waals surface area contributed by atoms with Crippen LogP contribution in [-0.2, 0) is 19.1 Å². The Morgan fingerprint density at radius 3 is 2.38 bits per heavy atom. The van der Waals surface area contributed by atoms with Crippen molar-refractivity contribution in [2.75, 3.05) is 20.7 Å². The minimum Gasteiger partial charge on any atom is -0.367 e. The van der Waals surface area contributed by atoms with Gasteiger partial charge in [0.2, 0.25) is 5.91 Å². The van der Waals surface area contributed by atoms with Gasteiger partial charge >= 0.3 is 0 Å². The number of nitrogens with zero attached hydrogens (tertiary/aromatic N) is 2. The zero-order valence-corrected chi connectivity index (χ0v) is 16.9. The third-order valence-electron chi connectivity index (χ3n) is 4.72. The third-order valence-corrected chi connectivity index (χ3v) is 4.72. The highest BCUT2D eigenvalue weighted by molar-refractivity contribution is 6.07. The first-order valence-electron chi connectivity index (χ1n) is 9.35. The number of hydrogen-bond acceptors (Lipinski definition) is 5. The molecule has 0 heterocycles. The molecule has 0 saturated carbocycles. The van der Waals surface area contributed by atoms with Crippen LogP contribution in [-0.4, -0.2) is 65.2 Å². The molecule has 29 heavy (non-hydrogen) atoms. The zero-order valence-electron chi connectivity index (χ0n) is 16.9. The van der Waals surface area contributed by atoms with Crippen LogP contribution in [0.3, 0.4) is 0 Å². The number of allylic oxidation sites excluding steroid dienone is 2. The Kier molecular flexibility index (Phi) is 7.30. The van der Waals surface area contributed by atoms with Crippen LogP contribution in [0.1, 0.15) is 25.3 Å². The largest absolute Gasteiger partial charge is 0.367 e. The van der Waals surface area contributed by atoms with E-state index in [-0.39, 0.29) is 11.5 Å². The van der Waals surface area contributed by atoms with E-state index in [1.165, 1.54) is 7.05 Å². The molecular formula is C21H27N3O5. The Labute approximate surface area is 170 Å². The molecule has 1 aromatic carbocycles. The molecule has 2 rings (SSSR count). The molecule has 0 aliphatic heterocycles.